The number of sulfonamides is 1. The molecule has 2 heterocycles. The van der Waals surface area contributed by atoms with Crippen LogP contribution < -0.4 is 5.32 Å². The molecule has 7 nitrogen and oxygen atoms in total. The number of nitrogens with zero attached hydrogens (tertiary/aromatic N) is 3. The summed E-state index contributed by atoms with van der Waals surface area (Å²) in [6.45, 7) is 7.17. The Morgan fingerprint density at radius 2 is 1.70 bits per heavy atom. The first-order chi connectivity index (χ1) is 15.8. The lowest BCUT2D eigenvalue weighted by atomic mass is 10.1. The van der Waals surface area contributed by atoms with Gasteiger partial charge in [-0.25, -0.2) is 8.42 Å². The molecule has 4 rings (SSSR count). The summed E-state index contributed by atoms with van der Waals surface area (Å²) in [6, 6.07) is 15.1. The molecule has 0 atom stereocenters. The number of aromatic nitrogens is 2. The molecule has 0 bridgehead atoms. The van der Waals surface area contributed by atoms with E-state index in [0.717, 1.165) is 36.1 Å². The maximum absolute atomic E-state index is 13.1. The monoisotopic (exact) mass is 466 g/mol. The summed E-state index contributed by atoms with van der Waals surface area (Å²) in [4.78, 5) is 13.0. The Hall–Kier alpha value is -2.97. The van der Waals surface area contributed by atoms with Crippen molar-refractivity contribution in [3.05, 3.63) is 76.6 Å². The van der Waals surface area contributed by atoms with Crippen LogP contribution in [-0.2, 0) is 23.0 Å². The molecule has 8 heteroatoms. The zero-order valence-corrected chi connectivity index (χ0v) is 20.2. The van der Waals surface area contributed by atoms with Gasteiger partial charge < -0.3 is 5.32 Å². The van der Waals surface area contributed by atoms with Gasteiger partial charge in [0.2, 0.25) is 10.0 Å². The molecule has 1 aliphatic rings. The minimum absolute atomic E-state index is 0.160. The number of carbonyl (C=O) groups is 1. The second-order valence-corrected chi connectivity index (χ2v) is 10.3. The van der Waals surface area contributed by atoms with E-state index in [1.165, 1.54) is 0 Å². The summed E-state index contributed by atoms with van der Waals surface area (Å²) in [5.41, 5.74) is 4.57. The number of benzene rings is 2. The molecule has 0 unspecified atom stereocenters. The first-order valence-electron chi connectivity index (χ1n) is 11.3. The van der Waals surface area contributed by atoms with Crippen molar-refractivity contribution < 1.29 is 13.2 Å². The molecular formula is C25H30N4O3S. The molecular weight excluding hydrogens is 436 g/mol. The van der Waals surface area contributed by atoms with Crippen molar-refractivity contribution in [1.82, 2.24) is 14.1 Å². The van der Waals surface area contributed by atoms with Crippen molar-refractivity contribution in [3.63, 3.8) is 0 Å². The van der Waals surface area contributed by atoms with E-state index in [-0.39, 0.29) is 5.91 Å². The Balaban J connectivity index is 1.50. The second kappa shape index (κ2) is 9.49. The van der Waals surface area contributed by atoms with Crippen molar-refractivity contribution in [1.29, 1.82) is 0 Å². The highest BCUT2D eigenvalue weighted by Crippen LogP contribution is 2.27. The van der Waals surface area contributed by atoms with E-state index in [0.29, 0.717) is 41.5 Å². The molecule has 3 aromatic rings. The maximum Gasteiger partial charge on any atom is 0.255 e. The lowest BCUT2D eigenvalue weighted by molar-refractivity contribution is 0.102. The molecule has 0 saturated carbocycles. The van der Waals surface area contributed by atoms with Gasteiger partial charge >= 0.3 is 0 Å². The molecule has 174 valence electrons. The molecule has 33 heavy (non-hydrogen) atoms. The highest BCUT2D eigenvalue weighted by molar-refractivity contribution is 7.89. The summed E-state index contributed by atoms with van der Waals surface area (Å²) < 4.78 is 29.5. The number of aryl methyl sites for hydroxylation is 2. The van der Waals surface area contributed by atoms with Gasteiger partial charge in [-0.15, -0.1) is 0 Å². The zero-order chi connectivity index (χ0) is 23.6. The number of amides is 1. The van der Waals surface area contributed by atoms with Crippen LogP contribution in [0.4, 0.5) is 5.69 Å². The molecule has 1 aliphatic heterocycles. The smallest absolute Gasteiger partial charge is 0.255 e. The van der Waals surface area contributed by atoms with Crippen molar-refractivity contribution in [2.45, 2.75) is 51.5 Å². The van der Waals surface area contributed by atoms with Gasteiger partial charge in [-0.2, -0.15) is 9.40 Å². The molecule has 0 spiro atoms. The predicted octanol–water partition coefficient (Wildman–Crippen LogP) is 4.15. The van der Waals surface area contributed by atoms with E-state index in [4.69, 9.17) is 0 Å². The quantitative estimate of drug-likeness (QED) is 0.567. The van der Waals surface area contributed by atoms with Crippen LogP contribution in [0.5, 0.6) is 0 Å². The molecule has 1 aromatic heterocycles. The average molecular weight is 467 g/mol. The summed E-state index contributed by atoms with van der Waals surface area (Å²) in [7, 11) is -3.53. The molecule has 0 aliphatic carbocycles. The van der Waals surface area contributed by atoms with Gasteiger partial charge in [0.15, 0.2) is 0 Å². The van der Waals surface area contributed by atoms with Crippen molar-refractivity contribution in [2.24, 2.45) is 0 Å². The fourth-order valence-electron chi connectivity index (χ4n) is 4.34. The van der Waals surface area contributed by atoms with Gasteiger partial charge in [0.05, 0.1) is 17.9 Å². The number of para-hydroxylation sites is 1. The molecule has 1 N–H and O–H groups in total. The lowest BCUT2D eigenvalue weighted by Crippen LogP contribution is -2.28. The first-order valence-corrected chi connectivity index (χ1v) is 12.8. The zero-order valence-electron chi connectivity index (χ0n) is 19.3. The Morgan fingerprint density at radius 1 is 1.03 bits per heavy atom. The van der Waals surface area contributed by atoms with E-state index in [2.05, 4.69) is 17.3 Å². The standard InChI is InChI=1S/C25H30N4O3S/c1-4-21-9-5-6-10-23(21)26-25(30)22-13-11-20(12-14-22)17-29-19(3)24(18(2)27-29)33(31,32)28-15-7-8-16-28/h5-6,9-14H,4,7-8,15-17H2,1-3H3,(H,26,30). The van der Waals surface area contributed by atoms with Crippen LogP contribution in [0.1, 0.15) is 52.6 Å². The third kappa shape index (κ3) is 4.72. The van der Waals surface area contributed by atoms with Crippen LogP contribution in [-0.4, -0.2) is 41.5 Å². The van der Waals surface area contributed by atoms with Crippen LogP contribution in [0.15, 0.2) is 53.4 Å². The number of hydrogen-bond acceptors (Lipinski definition) is 4. The lowest BCUT2D eigenvalue weighted by Gasteiger charge is -2.15. The van der Waals surface area contributed by atoms with Gasteiger partial charge in [0.1, 0.15) is 4.90 Å². The summed E-state index contributed by atoms with van der Waals surface area (Å²) in [5, 5.41) is 7.49. The van der Waals surface area contributed by atoms with Crippen LogP contribution in [0.2, 0.25) is 0 Å². The normalized spacial score (nSPS) is 14.5. The van der Waals surface area contributed by atoms with Crippen molar-refractivity contribution >= 4 is 21.6 Å². The summed E-state index contributed by atoms with van der Waals surface area (Å²) in [5.74, 6) is -0.160. The summed E-state index contributed by atoms with van der Waals surface area (Å²) >= 11 is 0. The third-order valence-electron chi connectivity index (χ3n) is 6.17. The fourth-order valence-corrected chi connectivity index (χ4v) is 6.23. The maximum atomic E-state index is 13.1. The van der Waals surface area contributed by atoms with Gasteiger partial charge in [-0.3, -0.25) is 9.48 Å². The molecule has 2 aromatic carbocycles. The van der Waals surface area contributed by atoms with Crippen molar-refractivity contribution in [2.75, 3.05) is 18.4 Å². The van der Waals surface area contributed by atoms with Crippen LogP contribution >= 0.6 is 0 Å². The molecule has 1 saturated heterocycles. The average Bonchev–Trinajstić information content (AvgIpc) is 3.44. The van der Waals surface area contributed by atoms with Crippen LogP contribution in [0.25, 0.3) is 0 Å². The van der Waals surface area contributed by atoms with Gasteiger partial charge in [0.25, 0.3) is 5.91 Å². The van der Waals surface area contributed by atoms with E-state index in [1.54, 1.807) is 35.0 Å². The van der Waals surface area contributed by atoms with Gasteiger partial charge in [0, 0.05) is 24.3 Å². The number of rotatable bonds is 7. The van der Waals surface area contributed by atoms with E-state index >= 15 is 0 Å². The van der Waals surface area contributed by atoms with E-state index in [9.17, 15) is 13.2 Å². The Kier molecular flexibility index (Phi) is 6.67. The molecule has 0 radical (unpaired) electrons. The third-order valence-corrected chi connectivity index (χ3v) is 8.32. The van der Waals surface area contributed by atoms with E-state index < -0.39 is 10.0 Å². The number of carbonyl (C=O) groups excluding carboxylic acids is 1. The highest BCUT2D eigenvalue weighted by atomic mass is 32.2. The minimum atomic E-state index is -3.53. The molecule has 1 fully saturated rings. The second-order valence-electron chi connectivity index (χ2n) is 8.43. The Bertz CT molecular complexity index is 1260. The topological polar surface area (TPSA) is 84.3 Å². The SMILES string of the molecule is CCc1ccccc1NC(=O)c1ccc(Cn2nc(C)c(S(=O)(=O)N3CCCC3)c2C)cc1. The Morgan fingerprint density at radius 3 is 2.36 bits per heavy atom. The highest BCUT2D eigenvalue weighted by Gasteiger charge is 2.32. The van der Waals surface area contributed by atoms with Gasteiger partial charge in [-0.1, -0.05) is 37.3 Å². The Labute approximate surface area is 195 Å². The number of anilines is 1. The van der Waals surface area contributed by atoms with Gasteiger partial charge in [-0.05, 0) is 62.4 Å². The van der Waals surface area contributed by atoms with Crippen LogP contribution in [0.3, 0.4) is 0 Å². The number of hydrogen-bond donors (Lipinski definition) is 1. The predicted molar refractivity (Wildman–Crippen MR) is 129 cm³/mol. The first kappa shape index (κ1) is 23.2. The van der Waals surface area contributed by atoms with E-state index in [1.807, 2.05) is 36.4 Å². The fraction of sp³-hybridized carbons (Fsp3) is 0.360. The molecule has 1 amide bonds. The minimum Gasteiger partial charge on any atom is -0.322 e. The summed E-state index contributed by atoms with van der Waals surface area (Å²) in [6.07, 6.45) is 2.64. The van der Waals surface area contributed by atoms with Crippen LogP contribution in [0, 0.1) is 13.8 Å². The van der Waals surface area contributed by atoms with Crippen molar-refractivity contribution in [3.8, 4) is 0 Å². The largest absolute Gasteiger partial charge is 0.322 e. The number of nitrogens with one attached hydrogen (secondary N) is 1.